The zero-order valence-electron chi connectivity index (χ0n) is 20.3. The van der Waals surface area contributed by atoms with E-state index in [9.17, 15) is 0 Å². The Morgan fingerprint density at radius 1 is 0.632 bits per heavy atom. The van der Waals surface area contributed by atoms with Crippen LogP contribution in [0.15, 0.2) is 128 Å². The standard InChI is InChI=1S/C32H21N4OP/c37-38-29-17-8-7-14-24(29)25-15-9-16-27(31(25)38)36(23-12-5-2-6-13-23)28-21-34-26(20-30(28)38)32-33-18-19-35(32)22-10-3-1-4-11-22/h1-21H. The van der Waals surface area contributed by atoms with Gasteiger partial charge in [0.05, 0.1) is 22.9 Å². The maximum Gasteiger partial charge on any atom is 0.176 e. The number of nitrogens with zero attached hydrogens (tertiary/aromatic N) is 4. The minimum absolute atomic E-state index is 0.686. The molecule has 2 aromatic heterocycles. The molecular weight excluding hydrogens is 487 g/mol. The Hall–Kier alpha value is -4.73. The SMILES string of the molecule is O=P12c3ccccc3-c3cccc(c31)N(c1ccccc1)c1cnc(-c3nccn3-c3ccccc3)cc12. The molecule has 2 aliphatic heterocycles. The van der Waals surface area contributed by atoms with Gasteiger partial charge in [0.2, 0.25) is 0 Å². The van der Waals surface area contributed by atoms with E-state index in [1.807, 2.05) is 89.8 Å². The second-order valence-electron chi connectivity index (χ2n) is 9.49. The molecule has 0 spiro atoms. The second kappa shape index (κ2) is 7.88. The average molecular weight is 509 g/mol. The van der Waals surface area contributed by atoms with Gasteiger partial charge in [-0.15, -0.1) is 0 Å². The van der Waals surface area contributed by atoms with E-state index in [1.165, 1.54) is 0 Å². The van der Waals surface area contributed by atoms with E-state index in [2.05, 4.69) is 46.3 Å². The number of para-hydroxylation sites is 2. The summed E-state index contributed by atoms with van der Waals surface area (Å²) in [6, 6.07) is 36.6. The number of rotatable bonds is 3. The fraction of sp³-hybridized carbons (Fsp3) is 0. The maximum atomic E-state index is 15.5. The Balaban J connectivity index is 1.43. The molecule has 6 aromatic rings. The maximum absolute atomic E-state index is 15.5. The van der Waals surface area contributed by atoms with Gasteiger partial charge in [-0.3, -0.25) is 9.55 Å². The van der Waals surface area contributed by atoms with Crippen molar-refractivity contribution in [1.82, 2.24) is 14.5 Å². The predicted molar refractivity (Wildman–Crippen MR) is 153 cm³/mol. The number of aromatic nitrogens is 3. The largest absolute Gasteiger partial charge is 0.308 e. The Morgan fingerprint density at radius 3 is 2.16 bits per heavy atom. The quantitative estimate of drug-likeness (QED) is 0.262. The van der Waals surface area contributed by atoms with Crippen molar-refractivity contribution in [1.29, 1.82) is 0 Å². The van der Waals surface area contributed by atoms with E-state index in [4.69, 9.17) is 4.98 Å². The molecule has 0 amide bonds. The van der Waals surface area contributed by atoms with Gasteiger partial charge < -0.3 is 9.46 Å². The number of anilines is 3. The molecule has 8 rings (SSSR count). The highest BCUT2D eigenvalue weighted by atomic mass is 31.2. The van der Waals surface area contributed by atoms with Crippen LogP contribution in [0.5, 0.6) is 0 Å². The summed E-state index contributed by atoms with van der Waals surface area (Å²) in [6.07, 6.45) is 5.57. The molecule has 0 fully saturated rings. The first-order chi connectivity index (χ1) is 18.7. The third kappa shape index (κ3) is 2.79. The summed E-state index contributed by atoms with van der Waals surface area (Å²) in [5, 5.41) is 2.58. The number of hydrogen-bond acceptors (Lipinski definition) is 4. The van der Waals surface area contributed by atoms with Gasteiger partial charge in [-0.05, 0) is 47.5 Å². The Morgan fingerprint density at radius 2 is 1.34 bits per heavy atom. The van der Waals surface area contributed by atoms with Crippen molar-refractivity contribution in [3.8, 4) is 28.3 Å². The molecule has 1 unspecified atom stereocenters. The van der Waals surface area contributed by atoms with Crippen LogP contribution in [-0.2, 0) is 4.57 Å². The van der Waals surface area contributed by atoms with Crippen molar-refractivity contribution in [2.24, 2.45) is 0 Å². The van der Waals surface area contributed by atoms with E-state index in [-0.39, 0.29) is 0 Å². The highest BCUT2D eigenvalue weighted by molar-refractivity contribution is 7.87. The number of fused-ring (bicyclic) bond motifs is 5. The van der Waals surface area contributed by atoms with Crippen LogP contribution >= 0.6 is 7.14 Å². The van der Waals surface area contributed by atoms with Crippen molar-refractivity contribution in [2.75, 3.05) is 4.90 Å². The number of benzene rings is 4. The number of pyridine rings is 1. The van der Waals surface area contributed by atoms with Gasteiger partial charge in [0, 0.05) is 34.4 Å². The minimum atomic E-state index is -3.16. The molecular formula is C32H21N4OP. The van der Waals surface area contributed by atoms with E-state index < -0.39 is 7.14 Å². The molecule has 0 aliphatic carbocycles. The van der Waals surface area contributed by atoms with E-state index >= 15 is 4.57 Å². The molecule has 0 bridgehead atoms. The Labute approximate surface area is 220 Å². The molecule has 38 heavy (non-hydrogen) atoms. The lowest BCUT2D eigenvalue weighted by Gasteiger charge is -2.36. The molecule has 5 nitrogen and oxygen atoms in total. The number of hydrogen-bond donors (Lipinski definition) is 0. The molecule has 2 aliphatic rings. The molecule has 0 saturated carbocycles. The van der Waals surface area contributed by atoms with Gasteiger partial charge in [-0.25, -0.2) is 4.98 Å². The van der Waals surface area contributed by atoms with Gasteiger partial charge in [-0.1, -0.05) is 72.8 Å². The van der Waals surface area contributed by atoms with Crippen molar-refractivity contribution < 1.29 is 4.57 Å². The first-order valence-corrected chi connectivity index (χ1v) is 14.2. The molecule has 0 saturated heterocycles. The van der Waals surface area contributed by atoms with E-state index in [1.54, 1.807) is 6.20 Å². The molecule has 4 aromatic carbocycles. The van der Waals surface area contributed by atoms with Gasteiger partial charge in [-0.2, -0.15) is 0 Å². The third-order valence-corrected chi connectivity index (χ3v) is 10.7. The van der Waals surface area contributed by atoms with Gasteiger partial charge in [0.1, 0.15) is 5.69 Å². The zero-order valence-corrected chi connectivity index (χ0v) is 21.2. The lowest BCUT2D eigenvalue weighted by Crippen LogP contribution is -2.34. The van der Waals surface area contributed by atoms with Crippen LogP contribution in [0.3, 0.4) is 0 Å². The fourth-order valence-electron chi connectivity index (χ4n) is 5.87. The number of imidazole rings is 1. The van der Waals surface area contributed by atoms with Crippen LogP contribution in [0, 0.1) is 0 Å². The topological polar surface area (TPSA) is 51.0 Å². The summed E-state index contributed by atoms with van der Waals surface area (Å²) in [7, 11) is -3.16. The second-order valence-corrected chi connectivity index (χ2v) is 12.1. The van der Waals surface area contributed by atoms with E-state index in [0.717, 1.165) is 49.8 Å². The normalized spacial score (nSPS) is 16.6. The molecule has 0 radical (unpaired) electrons. The average Bonchev–Trinajstić information content (AvgIpc) is 3.57. The first kappa shape index (κ1) is 21.4. The van der Waals surface area contributed by atoms with Gasteiger partial charge in [0.25, 0.3) is 0 Å². The van der Waals surface area contributed by atoms with Crippen molar-refractivity contribution >= 4 is 40.1 Å². The smallest absolute Gasteiger partial charge is 0.176 e. The van der Waals surface area contributed by atoms with Crippen LogP contribution in [0.1, 0.15) is 0 Å². The molecule has 1 atom stereocenters. The summed E-state index contributed by atoms with van der Waals surface area (Å²) in [5.74, 6) is 0.712. The van der Waals surface area contributed by atoms with Crippen molar-refractivity contribution in [2.45, 2.75) is 0 Å². The highest BCUT2D eigenvalue weighted by Gasteiger charge is 2.48. The summed E-state index contributed by atoms with van der Waals surface area (Å²) in [5.41, 5.74) is 6.55. The molecule has 0 N–H and O–H groups in total. The summed E-state index contributed by atoms with van der Waals surface area (Å²) in [6.45, 7) is 0. The summed E-state index contributed by atoms with van der Waals surface area (Å²) < 4.78 is 17.5. The fourth-order valence-corrected chi connectivity index (χ4v) is 9.25. The first-order valence-electron chi connectivity index (χ1n) is 12.5. The van der Waals surface area contributed by atoms with Crippen molar-refractivity contribution in [3.05, 3.63) is 128 Å². The molecule has 4 heterocycles. The minimum Gasteiger partial charge on any atom is -0.308 e. The predicted octanol–water partition coefficient (Wildman–Crippen LogP) is 6.34. The van der Waals surface area contributed by atoms with Gasteiger partial charge in [0.15, 0.2) is 13.0 Å². The Bertz CT molecular complexity index is 1910. The Kier molecular flexibility index (Phi) is 4.43. The lowest BCUT2D eigenvalue weighted by molar-refractivity contribution is 0.592. The van der Waals surface area contributed by atoms with E-state index in [0.29, 0.717) is 11.5 Å². The van der Waals surface area contributed by atoms with Crippen LogP contribution in [0.2, 0.25) is 0 Å². The monoisotopic (exact) mass is 508 g/mol. The zero-order chi connectivity index (χ0) is 25.3. The highest BCUT2D eigenvalue weighted by Crippen LogP contribution is 2.60. The summed E-state index contributed by atoms with van der Waals surface area (Å²) in [4.78, 5) is 11.7. The summed E-state index contributed by atoms with van der Waals surface area (Å²) >= 11 is 0. The van der Waals surface area contributed by atoms with Gasteiger partial charge >= 0.3 is 0 Å². The van der Waals surface area contributed by atoms with Crippen LogP contribution < -0.4 is 20.8 Å². The van der Waals surface area contributed by atoms with Crippen LogP contribution in [-0.4, -0.2) is 14.5 Å². The third-order valence-electron chi connectivity index (χ3n) is 7.46. The molecule has 6 heteroatoms. The lowest BCUT2D eigenvalue weighted by atomic mass is 10.0. The van der Waals surface area contributed by atoms with Crippen LogP contribution in [0.4, 0.5) is 17.1 Å². The molecule has 180 valence electrons. The van der Waals surface area contributed by atoms with Crippen LogP contribution in [0.25, 0.3) is 28.3 Å². The van der Waals surface area contributed by atoms with Crippen molar-refractivity contribution in [3.63, 3.8) is 0 Å².